The van der Waals surface area contributed by atoms with E-state index in [9.17, 15) is 13.2 Å². The molecule has 1 aliphatic rings. The van der Waals surface area contributed by atoms with Gasteiger partial charge in [0.05, 0.1) is 18.6 Å². The van der Waals surface area contributed by atoms with E-state index in [4.69, 9.17) is 4.74 Å². The molecule has 1 saturated heterocycles. The molecule has 0 aromatic carbocycles. The van der Waals surface area contributed by atoms with Crippen LogP contribution in [0.15, 0.2) is 0 Å². The van der Waals surface area contributed by atoms with Gasteiger partial charge in [0.15, 0.2) is 0 Å². The lowest BCUT2D eigenvalue weighted by Crippen LogP contribution is -2.22. The van der Waals surface area contributed by atoms with E-state index in [-0.39, 0.29) is 19.1 Å². The Labute approximate surface area is 69.9 Å². The second-order valence-corrected chi connectivity index (χ2v) is 2.99. The van der Waals surface area contributed by atoms with E-state index in [0.29, 0.717) is 0 Å². The first kappa shape index (κ1) is 9.84. The third-order valence-electron chi connectivity index (χ3n) is 1.99. The molecule has 71 valence electrons. The van der Waals surface area contributed by atoms with E-state index in [1.165, 1.54) is 0 Å². The van der Waals surface area contributed by atoms with Crippen LogP contribution >= 0.6 is 0 Å². The molecule has 1 heterocycles. The maximum Gasteiger partial charge on any atom is 0.394 e. The molecule has 0 saturated carbocycles. The summed E-state index contributed by atoms with van der Waals surface area (Å²) in [5, 5.41) is 0. The number of halogens is 3. The molecule has 0 aliphatic carbocycles. The predicted molar refractivity (Wildman–Crippen MR) is 38.5 cm³/mol. The summed E-state index contributed by atoms with van der Waals surface area (Å²) in [5.41, 5.74) is 0. The van der Waals surface area contributed by atoms with Gasteiger partial charge in [-0.15, -0.1) is 0 Å². The molecule has 1 rings (SSSR count). The zero-order chi connectivity index (χ0) is 9.19. The monoisotopic (exact) mass is 181 g/mol. The summed E-state index contributed by atoms with van der Waals surface area (Å²) in [6.07, 6.45) is -1.74. The lowest BCUT2D eigenvalue weighted by molar-refractivity contribution is -0.173. The van der Waals surface area contributed by atoms with Gasteiger partial charge in [-0.2, -0.15) is 13.2 Å². The number of alkyl halides is 3. The van der Waals surface area contributed by atoms with Gasteiger partial charge >= 0.3 is 6.18 Å². The third kappa shape index (κ3) is 2.37. The highest BCUT2D eigenvalue weighted by molar-refractivity contribution is 4.86. The van der Waals surface area contributed by atoms with Crippen LogP contribution in [0.1, 0.15) is 19.8 Å². The van der Waals surface area contributed by atoms with Crippen molar-refractivity contribution in [3.63, 3.8) is 0 Å². The van der Waals surface area contributed by atoms with Crippen LogP contribution in [0.25, 0.3) is 0 Å². The van der Waals surface area contributed by atoms with E-state index in [0.717, 1.165) is 6.42 Å². The normalized spacial score (nSPS) is 31.0. The van der Waals surface area contributed by atoms with Crippen LogP contribution in [0.3, 0.4) is 0 Å². The van der Waals surface area contributed by atoms with Gasteiger partial charge in [0, 0.05) is 0 Å². The number of ether oxygens (including phenoxy) is 1. The summed E-state index contributed by atoms with van der Waals surface area (Å²) in [6, 6.07) is 0. The predicted octanol–water partition coefficient (Wildman–Crippen LogP) is 2.57. The van der Waals surface area contributed by atoms with Crippen molar-refractivity contribution in [3.8, 4) is 0 Å². The summed E-state index contributed by atoms with van der Waals surface area (Å²) in [4.78, 5) is 0. The van der Waals surface area contributed by atoms with Gasteiger partial charge < -0.3 is 4.74 Å². The average molecular weight is 181 g/mol. The summed E-state index contributed by atoms with van der Waals surface area (Å²) in [7, 11) is 0. The topological polar surface area (TPSA) is 9.23 Å². The molecule has 0 bridgehead atoms. The fraction of sp³-hybridized carbons (Fsp3) is 0.875. The van der Waals surface area contributed by atoms with Crippen LogP contribution in [0, 0.1) is 12.3 Å². The van der Waals surface area contributed by atoms with Crippen LogP contribution in [0.5, 0.6) is 0 Å². The molecule has 4 heteroatoms. The van der Waals surface area contributed by atoms with Crippen molar-refractivity contribution < 1.29 is 17.9 Å². The van der Waals surface area contributed by atoms with Gasteiger partial charge in [0.2, 0.25) is 0 Å². The van der Waals surface area contributed by atoms with Crippen LogP contribution in [0.4, 0.5) is 13.2 Å². The number of hydrogen-bond donors (Lipinski definition) is 0. The number of hydrogen-bond acceptors (Lipinski definition) is 1. The van der Waals surface area contributed by atoms with Gasteiger partial charge in [-0.05, 0) is 12.8 Å². The minimum Gasteiger partial charge on any atom is -0.377 e. The number of rotatable bonds is 2. The van der Waals surface area contributed by atoms with E-state index < -0.39 is 12.1 Å². The molecule has 2 atom stereocenters. The SMILES string of the molecule is CC[CH]C1CC(C(F)(F)F)CO1. The largest absolute Gasteiger partial charge is 0.394 e. The van der Waals surface area contributed by atoms with Crippen molar-refractivity contribution in [2.45, 2.75) is 32.0 Å². The van der Waals surface area contributed by atoms with Gasteiger partial charge in [0.1, 0.15) is 0 Å². The molecule has 0 aromatic rings. The molecular weight excluding hydrogens is 169 g/mol. The molecule has 0 N–H and O–H groups in total. The average Bonchev–Trinajstić information content (AvgIpc) is 2.35. The van der Waals surface area contributed by atoms with Crippen molar-refractivity contribution >= 4 is 0 Å². The molecule has 1 fully saturated rings. The molecule has 0 aromatic heterocycles. The minimum absolute atomic E-state index is 0.0946. The van der Waals surface area contributed by atoms with Crippen molar-refractivity contribution in [2.24, 2.45) is 5.92 Å². The summed E-state index contributed by atoms with van der Waals surface area (Å²) in [6.45, 7) is 1.72. The maximum absolute atomic E-state index is 12.1. The molecule has 1 nitrogen and oxygen atoms in total. The van der Waals surface area contributed by atoms with Gasteiger partial charge in [-0.25, -0.2) is 0 Å². The zero-order valence-corrected chi connectivity index (χ0v) is 6.90. The maximum atomic E-state index is 12.1. The second-order valence-electron chi connectivity index (χ2n) is 2.99. The minimum atomic E-state index is -4.09. The highest BCUT2D eigenvalue weighted by Gasteiger charge is 2.44. The van der Waals surface area contributed by atoms with E-state index in [1.54, 1.807) is 6.42 Å². The van der Waals surface area contributed by atoms with Crippen molar-refractivity contribution in [3.05, 3.63) is 6.42 Å². The first-order valence-electron chi connectivity index (χ1n) is 4.05. The van der Waals surface area contributed by atoms with Gasteiger partial charge in [-0.1, -0.05) is 13.3 Å². The van der Waals surface area contributed by atoms with Crippen LogP contribution in [-0.4, -0.2) is 18.9 Å². The van der Waals surface area contributed by atoms with E-state index >= 15 is 0 Å². The molecule has 0 amide bonds. The standard InChI is InChI=1S/C8H12F3O/c1-2-3-7-4-6(5-12-7)8(9,10)11/h3,6-7H,2,4-5H2,1H3. The highest BCUT2D eigenvalue weighted by atomic mass is 19.4. The smallest absolute Gasteiger partial charge is 0.377 e. The third-order valence-corrected chi connectivity index (χ3v) is 1.99. The molecule has 0 spiro atoms. The van der Waals surface area contributed by atoms with Crippen LogP contribution in [0.2, 0.25) is 0 Å². The lowest BCUT2D eigenvalue weighted by atomic mass is 10.0. The summed E-state index contributed by atoms with van der Waals surface area (Å²) < 4.78 is 41.2. The van der Waals surface area contributed by atoms with Crippen molar-refractivity contribution in [2.75, 3.05) is 6.61 Å². The van der Waals surface area contributed by atoms with Crippen molar-refractivity contribution in [1.82, 2.24) is 0 Å². The van der Waals surface area contributed by atoms with Crippen molar-refractivity contribution in [1.29, 1.82) is 0 Å². The Morgan fingerprint density at radius 1 is 1.50 bits per heavy atom. The zero-order valence-electron chi connectivity index (χ0n) is 6.90. The fourth-order valence-electron chi connectivity index (χ4n) is 1.31. The molecule has 1 radical (unpaired) electrons. The summed E-state index contributed by atoms with van der Waals surface area (Å²) in [5.74, 6) is -1.26. The Balaban J connectivity index is 2.35. The Hall–Kier alpha value is -0.250. The lowest BCUT2D eigenvalue weighted by Gasteiger charge is -2.11. The fourth-order valence-corrected chi connectivity index (χ4v) is 1.31. The first-order chi connectivity index (χ1) is 5.54. The highest BCUT2D eigenvalue weighted by Crippen LogP contribution is 2.35. The van der Waals surface area contributed by atoms with Crippen LogP contribution in [-0.2, 0) is 4.74 Å². The Bertz CT molecular complexity index is 144. The quantitative estimate of drug-likeness (QED) is 0.636. The molecule has 12 heavy (non-hydrogen) atoms. The second kappa shape index (κ2) is 3.64. The Kier molecular flexibility index (Phi) is 2.99. The summed E-state index contributed by atoms with van der Waals surface area (Å²) >= 11 is 0. The van der Waals surface area contributed by atoms with Gasteiger partial charge in [0.25, 0.3) is 0 Å². The van der Waals surface area contributed by atoms with Gasteiger partial charge in [-0.3, -0.25) is 0 Å². The Morgan fingerprint density at radius 3 is 2.58 bits per heavy atom. The molecule has 1 aliphatic heterocycles. The van der Waals surface area contributed by atoms with Crippen LogP contribution < -0.4 is 0 Å². The first-order valence-corrected chi connectivity index (χ1v) is 4.05. The van der Waals surface area contributed by atoms with E-state index in [1.807, 2.05) is 6.92 Å². The Morgan fingerprint density at radius 2 is 2.17 bits per heavy atom. The molecule has 2 unspecified atom stereocenters. The van der Waals surface area contributed by atoms with E-state index in [2.05, 4.69) is 0 Å². The molecular formula is C8H12F3O.